The molecule has 1 aromatic carbocycles. The Kier molecular flexibility index (Phi) is 5.39. The maximum absolute atomic E-state index is 12.3. The van der Waals surface area contributed by atoms with Gasteiger partial charge in [0.05, 0.1) is 18.8 Å². The van der Waals surface area contributed by atoms with E-state index in [1.54, 1.807) is 6.26 Å². The van der Waals surface area contributed by atoms with Gasteiger partial charge in [0.2, 0.25) is 5.91 Å². The number of amides is 1. The summed E-state index contributed by atoms with van der Waals surface area (Å²) in [6.45, 7) is 6.80. The van der Waals surface area contributed by atoms with Crippen molar-refractivity contribution < 1.29 is 9.21 Å². The molecule has 4 heteroatoms. The van der Waals surface area contributed by atoms with E-state index in [1.807, 2.05) is 43.1 Å². The van der Waals surface area contributed by atoms with Crippen LogP contribution in [0.1, 0.15) is 38.0 Å². The van der Waals surface area contributed by atoms with Gasteiger partial charge in [-0.15, -0.1) is 0 Å². The van der Waals surface area contributed by atoms with Crippen molar-refractivity contribution in [3.05, 3.63) is 54.0 Å². The molecule has 0 aliphatic rings. The van der Waals surface area contributed by atoms with Crippen LogP contribution in [0.5, 0.6) is 0 Å². The number of carbonyl (C=O) groups excluding carboxylic acids is 1. The molecule has 0 radical (unpaired) electrons. The Morgan fingerprint density at radius 1 is 1.18 bits per heavy atom. The lowest BCUT2D eigenvalue weighted by atomic mass is 10.0. The summed E-state index contributed by atoms with van der Waals surface area (Å²) in [4.78, 5) is 14.3. The van der Waals surface area contributed by atoms with Gasteiger partial charge in [-0.3, -0.25) is 9.69 Å². The van der Waals surface area contributed by atoms with E-state index in [-0.39, 0.29) is 11.9 Å². The molecule has 0 unspecified atom stereocenters. The van der Waals surface area contributed by atoms with Crippen molar-refractivity contribution in [2.24, 2.45) is 0 Å². The number of anilines is 1. The molecular formula is C18H24N2O2. The predicted molar refractivity (Wildman–Crippen MR) is 88.8 cm³/mol. The number of furan rings is 1. The molecular weight excluding hydrogens is 276 g/mol. The Bertz CT molecular complexity index is 588. The van der Waals surface area contributed by atoms with Crippen LogP contribution in [0.15, 0.2) is 47.1 Å². The monoisotopic (exact) mass is 300 g/mol. The zero-order chi connectivity index (χ0) is 16.1. The van der Waals surface area contributed by atoms with Crippen LogP contribution in [-0.2, 0) is 11.3 Å². The van der Waals surface area contributed by atoms with Crippen LogP contribution in [-0.4, -0.2) is 23.9 Å². The highest BCUT2D eigenvalue weighted by Gasteiger charge is 2.19. The van der Waals surface area contributed by atoms with Crippen molar-refractivity contribution in [1.82, 2.24) is 4.90 Å². The van der Waals surface area contributed by atoms with Crippen LogP contribution in [0.3, 0.4) is 0 Å². The summed E-state index contributed by atoms with van der Waals surface area (Å²) < 4.78 is 5.31. The minimum absolute atomic E-state index is 0.0219. The first-order valence-electron chi connectivity index (χ1n) is 7.61. The lowest BCUT2D eigenvalue weighted by molar-refractivity contribution is -0.120. The molecule has 0 saturated heterocycles. The molecule has 2 aromatic rings. The first-order valence-corrected chi connectivity index (χ1v) is 7.61. The number of nitrogens with zero attached hydrogens (tertiary/aromatic N) is 1. The number of hydrogen-bond donors (Lipinski definition) is 1. The van der Waals surface area contributed by atoms with Gasteiger partial charge in [-0.1, -0.05) is 26.0 Å². The molecule has 2 rings (SSSR count). The van der Waals surface area contributed by atoms with Gasteiger partial charge in [0.25, 0.3) is 0 Å². The van der Waals surface area contributed by atoms with Crippen molar-refractivity contribution in [2.45, 2.75) is 39.3 Å². The second-order valence-electron chi connectivity index (χ2n) is 5.94. The average Bonchev–Trinajstić information content (AvgIpc) is 2.99. The molecule has 1 aromatic heterocycles. The number of likely N-dealkylation sites (N-methyl/N-ethyl adjacent to an activating group) is 1. The number of nitrogens with one attached hydrogen (secondary N) is 1. The lowest BCUT2D eigenvalue weighted by Crippen LogP contribution is -2.39. The third-order valence-electron chi connectivity index (χ3n) is 3.87. The summed E-state index contributed by atoms with van der Waals surface area (Å²) in [5.41, 5.74) is 2.09. The van der Waals surface area contributed by atoms with Crippen molar-refractivity contribution in [1.29, 1.82) is 0 Å². The molecule has 4 nitrogen and oxygen atoms in total. The largest absolute Gasteiger partial charge is 0.468 e. The molecule has 1 heterocycles. The van der Waals surface area contributed by atoms with Gasteiger partial charge >= 0.3 is 0 Å². The Hall–Kier alpha value is -2.07. The predicted octanol–water partition coefficient (Wildman–Crippen LogP) is 3.86. The SMILES string of the molecule is CC(C)c1ccc(NC(=O)[C@H](C)N(C)Cc2ccco2)cc1. The molecule has 0 fully saturated rings. The molecule has 0 spiro atoms. The van der Waals surface area contributed by atoms with Gasteiger partial charge in [-0.05, 0) is 49.7 Å². The van der Waals surface area contributed by atoms with Crippen LogP contribution in [0.2, 0.25) is 0 Å². The third-order valence-corrected chi connectivity index (χ3v) is 3.87. The fraction of sp³-hybridized carbons (Fsp3) is 0.389. The van der Waals surface area contributed by atoms with E-state index >= 15 is 0 Å². The molecule has 1 amide bonds. The van der Waals surface area contributed by atoms with Gasteiger partial charge in [-0.2, -0.15) is 0 Å². The molecule has 0 aliphatic heterocycles. The Balaban J connectivity index is 1.92. The van der Waals surface area contributed by atoms with Crippen molar-refractivity contribution in [3.63, 3.8) is 0 Å². The van der Waals surface area contributed by atoms with Crippen LogP contribution in [0.25, 0.3) is 0 Å². The van der Waals surface area contributed by atoms with E-state index in [1.165, 1.54) is 5.56 Å². The van der Waals surface area contributed by atoms with Crippen molar-refractivity contribution >= 4 is 11.6 Å². The van der Waals surface area contributed by atoms with Crippen molar-refractivity contribution in [3.8, 4) is 0 Å². The van der Waals surface area contributed by atoms with Gasteiger partial charge in [0.15, 0.2) is 0 Å². The van der Waals surface area contributed by atoms with Crippen LogP contribution < -0.4 is 5.32 Å². The van der Waals surface area contributed by atoms with Crippen molar-refractivity contribution in [2.75, 3.05) is 12.4 Å². The Labute approximate surface area is 132 Å². The summed E-state index contributed by atoms with van der Waals surface area (Å²) in [6.07, 6.45) is 1.64. The molecule has 118 valence electrons. The summed E-state index contributed by atoms with van der Waals surface area (Å²) in [7, 11) is 1.91. The summed E-state index contributed by atoms with van der Waals surface area (Å²) >= 11 is 0. The van der Waals surface area contributed by atoms with E-state index < -0.39 is 0 Å². The smallest absolute Gasteiger partial charge is 0.241 e. The first kappa shape index (κ1) is 16.3. The van der Waals surface area contributed by atoms with E-state index in [9.17, 15) is 4.79 Å². The maximum atomic E-state index is 12.3. The zero-order valence-electron chi connectivity index (χ0n) is 13.7. The van der Waals surface area contributed by atoms with Gasteiger partial charge in [0, 0.05) is 5.69 Å². The molecule has 1 atom stereocenters. The molecule has 0 bridgehead atoms. The second-order valence-corrected chi connectivity index (χ2v) is 5.94. The summed E-state index contributed by atoms with van der Waals surface area (Å²) in [5.74, 6) is 1.32. The summed E-state index contributed by atoms with van der Waals surface area (Å²) in [6, 6.07) is 11.5. The number of carbonyl (C=O) groups is 1. The number of benzene rings is 1. The van der Waals surface area contributed by atoms with Crippen LogP contribution >= 0.6 is 0 Å². The standard InChI is InChI=1S/C18H24N2O2/c1-13(2)15-7-9-16(10-8-15)19-18(21)14(3)20(4)12-17-6-5-11-22-17/h5-11,13-14H,12H2,1-4H3,(H,19,21)/t14-/m0/s1. The van der Waals surface area contributed by atoms with Crippen LogP contribution in [0, 0.1) is 0 Å². The molecule has 1 N–H and O–H groups in total. The van der Waals surface area contributed by atoms with E-state index in [0.717, 1.165) is 11.4 Å². The van der Waals surface area contributed by atoms with Gasteiger partial charge in [-0.25, -0.2) is 0 Å². The fourth-order valence-electron chi connectivity index (χ4n) is 2.18. The fourth-order valence-corrected chi connectivity index (χ4v) is 2.18. The molecule has 22 heavy (non-hydrogen) atoms. The maximum Gasteiger partial charge on any atom is 0.241 e. The zero-order valence-corrected chi connectivity index (χ0v) is 13.7. The molecule has 0 saturated carbocycles. The third kappa shape index (κ3) is 4.21. The number of hydrogen-bond acceptors (Lipinski definition) is 3. The normalized spacial score (nSPS) is 12.6. The lowest BCUT2D eigenvalue weighted by Gasteiger charge is -2.23. The Morgan fingerprint density at radius 2 is 1.86 bits per heavy atom. The van der Waals surface area contributed by atoms with E-state index in [0.29, 0.717) is 12.5 Å². The average molecular weight is 300 g/mol. The highest BCUT2D eigenvalue weighted by atomic mass is 16.3. The van der Waals surface area contributed by atoms with Gasteiger partial charge in [0.1, 0.15) is 5.76 Å². The first-order chi connectivity index (χ1) is 10.5. The minimum Gasteiger partial charge on any atom is -0.468 e. The molecule has 0 aliphatic carbocycles. The van der Waals surface area contributed by atoms with Crippen LogP contribution in [0.4, 0.5) is 5.69 Å². The van der Waals surface area contributed by atoms with Gasteiger partial charge < -0.3 is 9.73 Å². The Morgan fingerprint density at radius 3 is 2.41 bits per heavy atom. The quantitative estimate of drug-likeness (QED) is 0.881. The van der Waals surface area contributed by atoms with E-state index in [4.69, 9.17) is 4.42 Å². The highest BCUT2D eigenvalue weighted by Crippen LogP contribution is 2.17. The second kappa shape index (κ2) is 7.27. The van der Waals surface area contributed by atoms with E-state index in [2.05, 4.69) is 31.3 Å². The summed E-state index contributed by atoms with van der Waals surface area (Å²) in [5, 5.41) is 2.96. The minimum atomic E-state index is -0.241. The number of rotatable bonds is 6. The highest BCUT2D eigenvalue weighted by molar-refractivity contribution is 5.94. The topological polar surface area (TPSA) is 45.5 Å².